The van der Waals surface area contributed by atoms with Gasteiger partial charge >= 0.3 is 5.97 Å². The summed E-state index contributed by atoms with van der Waals surface area (Å²) in [6.07, 6.45) is 2.50. The molecule has 1 aliphatic rings. The largest absolute Gasteiger partial charge is 0.487 e. The fourth-order valence-corrected chi connectivity index (χ4v) is 4.87. The summed E-state index contributed by atoms with van der Waals surface area (Å²) < 4.78 is 10.7. The lowest BCUT2D eigenvalue weighted by Gasteiger charge is -2.19. The van der Waals surface area contributed by atoms with Crippen molar-refractivity contribution in [2.24, 2.45) is 0 Å². The van der Waals surface area contributed by atoms with E-state index in [1.807, 2.05) is 31.2 Å². The Labute approximate surface area is 241 Å². The van der Waals surface area contributed by atoms with Gasteiger partial charge in [-0.1, -0.05) is 66.0 Å². The SMILES string of the molecule is CCc1ccc(N2C(=O)/C(=C/c3ccc(OCc4ccc(Cl)cc4Cl)c(Cl)c3)N(CC(=O)OC)C2=S)cc1. The Morgan fingerprint density at radius 2 is 1.74 bits per heavy atom. The fourth-order valence-electron chi connectivity index (χ4n) is 3.81. The Hall–Kier alpha value is -3.10. The summed E-state index contributed by atoms with van der Waals surface area (Å²) in [5.74, 6) is -0.453. The molecule has 0 saturated carbocycles. The van der Waals surface area contributed by atoms with E-state index in [-0.39, 0.29) is 29.9 Å². The van der Waals surface area contributed by atoms with Crippen LogP contribution in [0.15, 0.2) is 66.4 Å². The molecule has 0 aliphatic carbocycles. The van der Waals surface area contributed by atoms with E-state index in [1.54, 1.807) is 42.5 Å². The molecule has 10 heteroatoms. The molecule has 0 radical (unpaired) electrons. The lowest BCUT2D eigenvalue weighted by Crippen LogP contribution is -2.35. The van der Waals surface area contributed by atoms with E-state index in [0.717, 1.165) is 17.5 Å². The molecule has 196 valence electrons. The average molecular weight is 590 g/mol. The predicted octanol–water partition coefficient (Wildman–Crippen LogP) is 6.94. The molecule has 0 aromatic heterocycles. The first-order valence-electron chi connectivity index (χ1n) is 11.6. The Morgan fingerprint density at radius 3 is 2.37 bits per heavy atom. The number of nitrogens with zero attached hydrogens (tertiary/aromatic N) is 2. The molecule has 0 unspecified atom stereocenters. The van der Waals surface area contributed by atoms with E-state index in [2.05, 4.69) is 0 Å². The van der Waals surface area contributed by atoms with Crippen LogP contribution in [0.4, 0.5) is 5.69 Å². The Kier molecular flexibility index (Phi) is 8.95. The van der Waals surface area contributed by atoms with E-state index in [0.29, 0.717) is 32.1 Å². The van der Waals surface area contributed by atoms with E-state index in [9.17, 15) is 9.59 Å². The van der Waals surface area contributed by atoms with Crippen molar-refractivity contribution in [3.8, 4) is 5.75 Å². The van der Waals surface area contributed by atoms with Crippen molar-refractivity contribution in [3.63, 3.8) is 0 Å². The number of halogens is 3. The third-order valence-corrected chi connectivity index (χ3v) is 7.20. The number of ether oxygens (including phenoxy) is 2. The first kappa shape index (κ1) is 27.9. The zero-order chi connectivity index (χ0) is 27.4. The van der Waals surface area contributed by atoms with Gasteiger partial charge in [0, 0.05) is 15.6 Å². The molecule has 1 saturated heterocycles. The van der Waals surface area contributed by atoms with Crippen molar-refractivity contribution in [1.29, 1.82) is 0 Å². The van der Waals surface area contributed by atoms with Crippen LogP contribution in [-0.2, 0) is 27.4 Å². The van der Waals surface area contributed by atoms with Gasteiger partial charge in [0.05, 0.1) is 17.8 Å². The van der Waals surface area contributed by atoms with Gasteiger partial charge in [-0.25, -0.2) is 0 Å². The third kappa shape index (κ3) is 6.13. The van der Waals surface area contributed by atoms with Crippen molar-refractivity contribution in [2.45, 2.75) is 20.0 Å². The number of methoxy groups -OCH3 is 1. The van der Waals surface area contributed by atoms with Gasteiger partial charge < -0.3 is 14.4 Å². The van der Waals surface area contributed by atoms with Gasteiger partial charge in [0.2, 0.25) is 0 Å². The summed E-state index contributed by atoms with van der Waals surface area (Å²) in [7, 11) is 1.28. The molecule has 1 fully saturated rings. The maximum atomic E-state index is 13.5. The normalized spacial score (nSPS) is 14.4. The number of carbonyl (C=O) groups excluding carboxylic acids is 2. The number of esters is 1. The number of anilines is 1. The Morgan fingerprint density at radius 1 is 1.00 bits per heavy atom. The zero-order valence-electron chi connectivity index (χ0n) is 20.5. The van der Waals surface area contributed by atoms with Gasteiger partial charge in [-0.3, -0.25) is 14.5 Å². The first-order valence-corrected chi connectivity index (χ1v) is 13.2. The smallest absolute Gasteiger partial charge is 0.325 e. The van der Waals surface area contributed by atoms with Crippen LogP contribution in [0.5, 0.6) is 5.75 Å². The molecule has 6 nitrogen and oxygen atoms in total. The van der Waals surface area contributed by atoms with Gasteiger partial charge in [-0.05, 0) is 72.2 Å². The maximum absolute atomic E-state index is 13.5. The number of aryl methyl sites for hydroxylation is 1. The van der Waals surface area contributed by atoms with E-state index in [1.165, 1.54) is 16.9 Å². The number of thiocarbonyl (C=S) groups is 1. The van der Waals surface area contributed by atoms with Crippen LogP contribution in [0.1, 0.15) is 23.6 Å². The minimum atomic E-state index is -0.531. The van der Waals surface area contributed by atoms with Crippen molar-refractivity contribution in [2.75, 3.05) is 18.6 Å². The van der Waals surface area contributed by atoms with Crippen LogP contribution < -0.4 is 9.64 Å². The lowest BCUT2D eigenvalue weighted by molar-refractivity contribution is -0.140. The number of hydrogen-bond donors (Lipinski definition) is 0. The van der Waals surface area contributed by atoms with Gasteiger partial charge in [-0.15, -0.1) is 0 Å². The Balaban J connectivity index is 1.61. The van der Waals surface area contributed by atoms with Gasteiger partial charge in [0.15, 0.2) is 5.11 Å². The van der Waals surface area contributed by atoms with Crippen molar-refractivity contribution in [1.82, 2.24) is 4.90 Å². The molecule has 0 bridgehead atoms. The highest BCUT2D eigenvalue weighted by Gasteiger charge is 2.40. The molecule has 1 heterocycles. The monoisotopic (exact) mass is 588 g/mol. The molecule has 4 rings (SSSR count). The minimum Gasteiger partial charge on any atom is -0.487 e. The summed E-state index contributed by atoms with van der Waals surface area (Å²) in [5, 5.41) is 1.55. The quantitative estimate of drug-likeness (QED) is 0.161. The van der Waals surface area contributed by atoms with Gasteiger partial charge in [0.25, 0.3) is 5.91 Å². The molecule has 0 spiro atoms. The average Bonchev–Trinajstić information content (AvgIpc) is 3.12. The molecule has 3 aromatic carbocycles. The molecule has 0 N–H and O–H groups in total. The van der Waals surface area contributed by atoms with Gasteiger partial charge in [-0.2, -0.15) is 0 Å². The van der Waals surface area contributed by atoms with E-state index in [4.69, 9.17) is 56.5 Å². The third-order valence-electron chi connectivity index (χ3n) is 5.91. The van der Waals surface area contributed by atoms with E-state index >= 15 is 0 Å². The number of hydrogen-bond acceptors (Lipinski definition) is 5. The summed E-state index contributed by atoms with van der Waals surface area (Å²) in [4.78, 5) is 28.5. The summed E-state index contributed by atoms with van der Waals surface area (Å²) >= 11 is 24.3. The topological polar surface area (TPSA) is 59.1 Å². The molecule has 1 aliphatic heterocycles. The number of benzene rings is 3. The van der Waals surface area contributed by atoms with Crippen LogP contribution in [0, 0.1) is 0 Å². The summed E-state index contributed by atoms with van der Waals surface area (Å²) in [6.45, 7) is 2.03. The van der Waals surface area contributed by atoms with Crippen LogP contribution in [0.2, 0.25) is 15.1 Å². The van der Waals surface area contributed by atoms with Crippen molar-refractivity contribution >= 4 is 75.8 Å². The summed E-state index contributed by atoms with van der Waals surface area (Å²) in [5.41, 5.74) is 3.34. The fraction of sp³-hybridized carbons (Fsp3) is 0.179. The molecule has 38 heavy (non-hydrogen) atoms. The number of carbonyl (C=O) groups is 2. The molecule has 1 amide bonds. The second-order valence-corrected chi connectivity index (χ2v) is 9.97. The lowest BCUT2D eigenvalue weighted by atomic mass is 10.1. The van der Waals surface area contributed by atoms with Crippen LogP contribution in [0.25, 0.3) is 6.08 Å². The zero-order valence-corrected chi connectivity index (χ0v) is 23.6. The highest BCUT2D eigenvalue weighted by atomic mass is 35.5. The molecule has 0 atom stereocenters. The van der Waals surface area contributed by atoms with Crippen LogP contribution in [-0.4, -0.2) is 35.5 Å². The predicted molar refractivity (Wildman–Crippen MR) is 155 cm³/mol. The highest BCUT2D eigenvalue weighted by Crippen LogP contribution is 2.32. The molecular formula is C28H23Cl3N2O4S. The number of rotatable bonds is 8. The van der Waals surface area contributed by atoms with Crippen LogP contribution in [0.3, 0.4) is 0 Å². The second-order valence-electron chi connectivity index (χ2n) is 8.35. The molecule has 3 aromatic rings. The second kappa shape index (κ2) is 12.2. The standard InChI is InChI=1S/C28H23Cl3N2O4S/c1-3-17-4-9-21(10-5-17)33-27(35)24(32(28(33)38)15-26(34)36-2)13-18-6-11-25(23(31)12-18)37-16-19-7-8-20(29)14-22(19)30/h4-14H,3,15-16H2,1-2H3/b24-13-. The first-order chi connectivity index (χ1) is 18.2. The van der Waals surface area contributed by atoms with Crippen molar-refractivity contribution < 1.29 is 19.1 Å². The van der Waals surface area contributed by atoms with E-state index < -0.39 is 5.97 Å². The highest BCUT2D eigenvalue weighted by molar-refractivity contribution is 7.80. The molecular weight excluding hydrogens is 567 g/mol. The summed E-state index contributed by atoms with van der Waals surface area (Å²) in [6, 6.07) is 17.8. The number of amides is 1. The minimum absolute atomic E-state index is 0.182. The Bertz CT molecular complexity index is 1430. The van der Waals surface area contributed by atoms with Crippen LogP contribution >= 0.6 is 47.0 Å². The maximum Gasteiger partial charge on any atom is 0.325 e. The van der Waals surface area contributed by atoms with Crippen molar-refractivity contribution in [3.05, 3.63) is 98.1 Å². The van der Waals surface area contributed by atoms with Gasteiger partial charge in [0.1, 0.15) is 24.6 Å².